The third kappa shape index (κ3) is 3.66. The molecule has 0 atom stereocenters. The van der Waals surface area contributed by atoms with Crippen LogP contribution in [-0.4, -0.2) is 9.38 Å². The molecule has 0 N–H and O–H groups in total. The van der Waals surface area contributed by atoms with E-state index >= 15 is 0 Å². The van der Waals surface area contributed by atoms with Crippen molar-refractivity contribution in [3.63, 3.8) is 0 Å². The van der Waals surface area contributed by atoms with Crippen molar-refractivity contribution >= 4 is 56.6 Å². The van der Waals surface area contributed by atoms with Crippen LogP contribution >= 0.6 is 34.5 Å². The van der Waals surface area contributed by atoms with Gasteiger partial charge in [-0.1, -0.05) is 58.8 Å². The van der Waals surface area contributed by atoms with E-state index in [1.165, 1.54) is 11.3 Å². The molecule has 0 aliphatic carbocycles. The van der Waals surface area contributed by atoms with Gasteiger partial charge in [-0.15, -0.1) is 0 Å². The maximum Gasteiger partial charge on any atom is 0.274 e. The summed E-state index contributed by atoms with van der Waals surface area (Å²) in [6, 6.07) is 16.9. The highest BCUT2D eigenvalue weighted by molar-refractivity contribution is 7.15. The number of nitrogens with zero attached hydrogens (tertiary/aromatic N) is 2. The van der Waals surface area contributed by atoms with E-state index < -0.39 is 0 Å². The minimum absolute atomic E-state index is 0.104. The molecule has 0 saturated heterocycles. The van der Waals surface area contributed by atoms with Gasteiger partial charge in [0.05, 0.1) is 15.6 Å². The highest BCUT2D eigenvalue weighted by Gasteiger charge is 2.14. The van der Waals surface area contributed by atoms with Gasteiger partial charge in [0.15, 0.2) is 4.96 Å². The molecule has 0 aliphatic rings. The summed E-state index contributed by atoms with van der Waals surface area (Å²) < 4.78 is 8.27. The van der Waals surface area contributed by atoms with E-state index in [2.05, 4.69) is 0 Å². The SMILES string of the molecule is Cc1ccc2c(nc3s/c(=C\c4cc(Cl)ccc4OCc4ccccc4Cl)c(=O)n32)c1C. The van der Waals surface area contributed by atoms with Gasteiger partial charge in [0, 0.05) is 21.2 Å². The third-order valence-electron chi connectivity index (χ3n) is 5.53. The van der Waals surface area contributed by atoms with Gasteiger partial charge in [-0.2, -0.15) is 0 Å². The molecule has 4 nitrogen and oxygen atoms in total. The molecule has 0 bridgehead atoms. The molecule has 5 aromatic rings. The van der Waals surface area contributed by atoms with E-state index in [1.54, 1.807) is 22.6 Å². The number of thiazole rings is 1. The zero-order valence-corrected chi connectivity index (χ0v) is 19.7. The number of benzene rings is 3. The molecular formula is C25H18Cl2N2O2S. The number of fused-ring (bicyclic) bond motifs is 3. The van der Waals surface area contributed by atoms with E-state index in [-0.39, 0.29) is 5.56 Å². The van der Waals surface area contributed by atoms with Crippen LogP contribution in [0, 0.1) is 13.8 Å². The third-order valence-corrected chi connectivity index (χ3v) is 7.11. The Kier molecular flexibility index (Phi) is 5.41. The second-order valence-electron chi connectivity index (χ2n) is 7.58. The van der Waals surface area contributed by atoms with Gasteiger partial charge in [0.25, 0.3) is 5.56 Å². The van der Waals surface area contributed by atoms with Crippen LogP contribution in [0.5, 0.6) is 5.75 Å². The molecular weight excluding hydrogens is 463 g/mol. The van der Waals surface area contributed by atoms with E-state index in [0.29, 0.717) is 31.9 Å². The van der Waals surface area contributed by atoms with Crippen LogP contribution in [0.1, 0.15) is 22.3 Å². The lowest BCUT2D eigenvalue weighted by molar-refractivity contribution is 0.305. The van der Waals surface area contributed by atoms with Crippen molar-refractivity contribution < 1.29 is 4.74 Å². The highest BCUT2D eigenvalue weighted by Crippen LogP contribution is 2.27. The average Bonchev–Trinajstić information content (AvgIpc) is 3.28. The van der Waals surface area contributed by atoms with Gasteiger partial charge in [-0.3, -0.25) is 4.79 Å². The van der Waals surface area contributed by atoms with Crippen LogP contribution in [0.2, 0.25) is 10.0 Å². The highest BCUT2D eigenvalue weighted by atomic mass is 35.5. The molecule has 0 radical (unpaired) electrons. The van der Waals surface area contributed by atoms with Gasteiger partial charge < -0.3 is 4.74 Å². The summed E-state index contributed by atoms with van der Waals surface area (Å²) in [5, 5.41) is 1.21. The molecule has 0 amide bonds. The maximum absolute atomic E-state index is 13.2. The predicted molar refractivity (Wildman–Crippen MR) is 132 cm³/mol. The topological polar surface area (TPSA) is 43.6 Å². The Morgan fingerprint density at radius 1 is 1.09 bits per heavy atom. The molecule has 2 heterocycles. The summed E-state index contributed by atoms with van der Waals surface area (Å²) in [5.74, 6) is 0.621. The van der Waals surface area contributed by atoms with Crippen molar-refractivity contribution in [3.8, 4) is 5.75 Å². The minimum Gasteiger partial charge on any atom is -0.488 e. The molecule has 0 fully saturated rings. The molecule has 0 unspecified atom stereocenters. The van der Waals surface area contributed by atoms with E-state index in [4.69, 9.17) is 32.9 Å². The molecule has 0 spiro atoms. The van der Waals surface area contributed by atoms with Crippen molar-refractivity contribution in [2.45, 2.75) is 20.5 Å². The average molecular weight is 481 g/mol. The van der Waals surface area contributed by atoms with Crippen molar-refractivity contribution in [2.75, 3.05) is 0 Å². The second-order valence-corrected chi connectivity index (χ2v) is 9.44. The largest absolute Gasteiger partial charge is 0.488 e. The van der Waals surface area contributed by atoms with Crippen LogP contribution in [0.4, 0.5) is 0 Å². The first-order chi connectivity index (χ1) is 15.4. The quantitative estimate of drug-likeness (QED) is 0.318. The van der Waals surface area contributed by atoms with Crippen molar-refractivity contribution in [1.82, 2.24) is 9.38 Å². The van der Waals surface area contributed by atoms with Crippen LogP contribution < -0.4 is 14.8 Å². The van der Waals surface area contributed by atoms with Crippen molar-refractivity contribution in [1.29, 1.82) is 0 Å². The molecule has 0 aliphatic heterocycles. The van der Waals surface area contributed by atoms with Crippen LogP contribution in [0.25, 0.3) is 22.1 Å². The Morgan fingerprint density at radius 2 is 1.91 bits per heavy atom. The lowest BCUT2D eigenvalue weighted by atomic mass is 10.1. The number of rotatable bonds is 4. The number of hydrogen-bond acceptors (Lipinski definition) is 4. The number of hydrogen-bond donors (Lipinski definition) is 0. The van der Waals surface area contributed by atoms with E-state index in [9.17, 15) is 4.79 Å². The minimum atomic E-state index is -0.104. The van der Waals surface area contributed by atoms with Gasteiger partial charge >= 0.3 is 0 Å². The molecule has 160 valence electrons. The fourth-order valence-corrected chi connectivity index (χ4v) is 4.98. The zero-order chi connectivity index (χ0) is 22.4. The second kappa shape index (κ2) is 8.24. The summed E-state index contributed by atoms with van der Waals surface area (Å²) in [5.41, 5.74) is 5.44. The Hall–Kier alpha value is -2.86. The van der Waals surface area contributed by atoms with Crippen molar-refractivity contribution in [3.05, 3.63) is 102 Å². The maximum atomic E-state index is 13.2. The van der Waals surface area contributed by atoms with E-state index in [0.717, 1.165) is 33.3 Å². The number of ether oxygens (including phenoxy) is 1. The molecule has 3 aromatic carbocycles. The number of imidazole rings is 1. The summed E-state index contributed by atoms with van der Waals surface area (Å²) in [6.07, 6.45) is 1.81. The van der Waals surface area contributed by atoms with Gasteiger partial charge in [-0.05, 0) is 61.4 Å². The van der Waals surface area contributed by atoms with Crippen molar-refractivity contribution in [2.24, 2.45) is 0 Å². The summed E-state index contributed by atoms with van der Waals surface area (Å²) >= 11 is 13.8. The Morgan fingerprint density at radius 3 is 2.72 bits per heavy atom. The zero-order valence-electron chi connectivity index (χ0n) is 17.4. The first-order valence-electron chi connectivity index (χ1n) is 10.0. The first kappa shape index (κ1) is 21.0. The number of halogens is 2. The normalized spacial score (nSPS) is 12.2. The summed E-state index contributed by atoms with van der Waals surface area (Å²) in [6.45, 7) is 4.38. The van der Waals surface area contributed by atoms with Crippen LogP contribution in [0.3, 0.4) is 0 Å². The molecule has 32 heavy (non-hydrogen) atoms. The fraction of sp³-hybridized carbons (Fsp3) is 0.120. The Labute approximate surface area is 198 Å². The lowest BCUT2D eigenvalue weighted by Crippen LogP contribution is -2.22. The smallest absolute Gasteiger partial charge is 0.274 e. The Bertz CT molecular complexity index is 1600. The lowest BCUT2D eigenvalue weighted by Gasteiger charge is -2.10. The number of aryl methyl sites for hydroxylation is 2. The standard InChI is InChI=1S/C25H18Cl2N2O2S/c1-14-7-9-20-23(15(14)2)28-25-29(20)24(30)22(32-25)12-17-11-18(26)8-10-21(17)31-13-16-5-3-4-6-19(16)27/h3-12H,13H2,1-2H3/b22-12-. The Balaban J connectivity index is 1.59. The van der Waals surface area contributed by atoms with Gasteiger partial charge in [0.1, 0.15) is 12.4 Å². The predicted octanol–water partition coefficient (Wildman–Crippen LogP) is 5.96. The van der Waals surface area contributed by atoms with Crippen LogP contribution in [-0.2, 0) is 6.61 Å². The van der Waals surface area contributed by atoms with Gasteiger partial charge in [-0.25, -0.2) is 9.38 Å². The molecule has 0 saturated carbocycles. The summed E-state index contributed by atoms with van der Waals surface area (Å²) in [7, 11) is 0. The fourth-order valence-electron chi connectivity index (χ4n) is 3.64. The number of aromatic nitrogens is 2. The molecule has 2 aromatic heterocycles. The van der Waals surface area contributed by atoms with E-state index in [1.807, 2.05) is 56.3 Å². The summed E-state index contributed by atoms with van der Waals surface area (Å²) in [4.78, 5) is 18.6. The monoisotopic (exact) mass is 480 g/mol. The van der Waals surface area contributed by atoms with Gasteiger partial charge in [0.2, 0.25) is 0 Å². The molecule has 5 rings (SSSR count). The molecule has 7 heteroatoms. The first-order valence-corrected chi connectivity index (χ1v) is 11.6. The van der Waals surface area contributed by atoms with Crippen LogP contribution in [0.15, 0.2) is 59.4 Å².